The number of halogens is 1. The fourth-order valence-electron chi connectivity index (χ4n) is 2.21. The summed E-state index contributed by atoms with van der Waals surface area (Å²) in [7, 11) is 0. The van der Waals surface area contributed by atoms with Gasteiger partial charge in [0.25, 0.3) is 5.91 Å². The highest BCUT2D eigenvalue weighted by atomic mass is 79.9. The Morgan fingerprint density at radius 1 is 1.52 bits per heavy atom. The smallest absolute Gasteiger partial charge is 0.263 e. The Morgan fingerprint density at radius 3 is 2.95 bits per heavy atom. The van der Waals surface area contributed by atoms with Gasteiger partial charge in [0.1, 0.15) is 4.88 Å². The van der Waals surface area contributed by atoms with Crippen molar-refractivity contribution in [2.24, 2.45) is 5.92 Å². The number of amides is 1. The number of aliphatic hydroxyl groups excluding tert-OH is 1. The van der Waals surface area contributed by atoms with Crippen molar-refractivity contribution in [2.45, 2.75) is 19.8 Å². The van der Waals surface area contributed by atoms with Gasteiger partial charge in [0.05, 0.1) is 5.69 Å². The fourth-order valence-corrected chi connectivity index (χ4v) is 3.59. The molecule has 1 aromatic heterocycles. The van der Waals surface area contributed by atoms with Crippen LogP contribution in [0.3, 0.4) is 0 Å². The summed E-state index contributed by atoms with van der Waals surface area (Å²) in [6, 6.07) is 5.82. The molecular weight excluding hydrogens is 352 g/mol. The summed E-state index contributed by atoms with van der Waals surface area (Å²) in [6.45, 7) is 2.76. The number of rotatable bonds is 6. The lowest BCUT2D eigenvalue weighted by molar-refractivity contribution is 0.0948. The van der Waals surface area contributed by atoms with Crippen LogP contribution >= 0.6 is 27.3 Å². The number of nitrogens with one attached hydrogen (secondary N) is 1. The van der Waals surface area contributed by atoms with Crippen LogP contribution in [0, 0.1) is 5.92 Å². The van der Waals surface area contributed by atoms with Crippen LogP contribution in [0.1, 0.15) is 29.4 Å². The van der Waals surface area contributed by atoms with Crippen LogP contribution in [0.25, 0.3) is 10.1 Å². The van der Waals surface area contributed by atoms with Gasteiger partial charge in [-0.25, -0.2) is 0 Å². The van der Waals surface area contributed by atoms with E-state index in [2.05, 4.69) is 28.2 Å². The van der Waals surface area contributed by atoms with Crippen LogP contribution in [0.5, 0.6) is 0 Å². The minimum Gasteiger partial charge on any atom is -0.397 e. The van der Waals surface area contributed by atoms with Crippen LogP contribution < -0.4 is 11.1 Å². The third-order valence-corrected chi connectivity index (χ3v) is 5.24. The first kappa shape index (κ1) is 16.3. The highest BCUT2D eigenvalue weighted by molar-refractivity contribution is 9.10. The second-order valence-electron chi connectivity index (χ2n) is 4.98. The third-order valence-electron chi connectivity index (χ3n) is 3.56. The number of fused-ring (bicyclic) bond motifs is 1. The highest BCUT2D eigenvalue weighted by Crippen LogP contribution is 2.35. The van der Waals surface area contributed by atoms with E-state index in [1.807, 2.05) is 18.2 Å². The number of nitrogens with two attached hydrogens (primary N) is 1. The maximum atomic E-state index is 12.3. The lowest BCUT2D eigenvalue weighted by Crippen LogP contribution is -2.29. The van der Waals surface area contributed by atoms with E-state index in [1.54, 1.807) is 0 Å². The largest absolute Gasteiger partial charge is 0.397 e. The molecule has 1 heterocycles. The van der Waals surface area contributed by atoms with E-state index in [0.717, 1.165) is 21.0 Å². The van der Waals surface area contributed by atoms with E-state index in [0.29, 0.717) is 29.4 Å². The first-order chi connectivity index (χ1) is 10.1. The molecule has 0 aliphatic rings. The van der Waals surface area contributed by atoms with Crippen LogP contribution in [-0.2, 0) is 0 Å². The molecule has 114 valence electrons. The Labute approximate surface area is 136 Å². The first-order valence-corrected chi connectivity index (χ1v) is 8.54. The molecule has 1 unspecified atom stereocenters. The highest BCUT2D eigenvalue weighted by Gasteiger charge is 2.17. The Kier molecular flexibility index (Phi) is 5.61. The Morgan fingerprint density at radius 2 is 2.29 bits per heavy atom. The van der Waals surface area contributed by atoms with Gasteiger partial charge in [-0.2, -0.15) is 0 Å². The third kappa shape index (κ3) is 3.75. The van der Waals surface area contributed by atoms with E-state index in [1.165, 1.54) is 11.3 Å². The molecule has 2 aromatic rings. The summed E-state index contributed by atoms with van der Waals surface area (Å²) in [5.41, 5.74) is 6.63. The molecule has 6 heteroatoms. The molecule has 0 fully saturated rings. The number of carbonyl (C=O) groups is 1. The van der Waals surface area contributed by atoms with E-state index in [-0.39, 0.29) is 12.5 Å². The molecule has 1 aromatic carbocycles. The maximum absolute atomic E-state index is 12.3. The normalized spacial score (nSPS) is 12.5. The molecule has 0 radical (unpaired) electrons. The molecule has 4 nitrogen and oxygen atoms in total. The van der Waals surface area contributed by atoms with E-state index < -0.39 is 0 Å². The average Bonchev–Trinajstić information content (AvgIpc) is 2.80. The Hall–Kier alpha value is -1.11. The number of aliphatic hydroxyl groups is 1. The van der Waals surface area contributed by atoms with Gasteiger partial charge >= 0.3 is 0 Å². The zero-order valence-corrected chi connectivity index (χ0v) is 14.3. The van der Waals surface area contributed by atoms with Gasteiger partial charge in [0.15, 0.2) is 0 Å². The van der Waals surface area contributed by atoms with Gasteiger partial charge < -0.3 is 16.2 Å². The number of hydrogen-bond donors (Lipinski definition) is 3. The quantitative estimate of drug-likeness (QED) is 0.729. The van der Waals surface area contributed by atoms with Crippen molar-refractivity contribution in [1.29, 1.82) is 0 Å². The van der Waals surface area contributed by atoms with Gasteiger partial charge in [-0.05, 0) is 30.5 Å². The number of benzene rings is 1. The minimum atomic E-state index is -0.138. The van der Waals surface area contributed by atoms with Gasteiger partial charge in [-0.15, -0.1) is 11.3 Å². The number of anilines is 1. The molecule has 0 spiro atoms. The van der Waals surface area contributed by atoms with Crippen molar-refractivity contribution in [2.75, 3.05) is 18.9 Å². The predicted molar refractivity (Wildman–Crippen MR) is 91.8 cm³/mol. The number of thiophene rings is 1. The van der Waals surface area contributed by atoms with E-state index in [4.69, 9.17) is 10.8 Å². The molecule has 2 rings (SSSR count). The second kappa shape index (κ2) is 7.24. The number of hydrogen-bond acceptors (Lipinski definition) is 4. The summed E-state index contributed by atoms with van der Waals surface area (Å²) in [5, 5.41) is 12.8. The average molecular weight is 371 g/mol. The second-order valence-corrected chi connectivity index (χ2v) is 6.95. The summed E-state index contributed by atoms with van der Waals surface area (Å²) < 4.78 is 1.95. The van der Waals surface area contributed by atoms with Crippen molar-refractivity contribution in [3.63, 3.8) is 0 Å². The van der Waals surface area contributed by atoms with E-state index in [9.17, 15) is 4.79 Å². The van der Waals surface area contributed by atoms with Gasteiger partial charge in [0.2, 0.25) is 0 Å². The predicted octanol–water partition coefficient (Wildman–Crippen LogP) is 3.38. The van der Waals surface area contributed by atoms with Crippen molar-refractivity contribution in [1.82, 2.24) is 5.32 Å². The van der Waals surface area contributed by atoms with Gasteiger partial charge in [-0.1, -0.05) is 29.3 Å². The SMILES string of the molecule is CCC(CCO)CNC(=O)c1sc2ccc(Br)cc2c1N. The van der Waals surface area contributed by atoms with Crippen molar-refractivity contribution in [3.05, 3.63) is 27.5 Å². The van der Waals surface area contributed by atoms with Crippen molar-refractivity contribution >= 4 is 48.9 Å². The first-order valence-electron chi connectivity index (χ1n) is 6.93. The number of nitrogen functional groups attached to an aromatic ring is 1. The zero-order chi connectivity index (χ0) is 15.4. The molecule has 1 atom stereocenters. The Balaban J connectivity index is 2.14. The molecular formula is C15H19BrN2O2S. The summed E-state index contributed by atoms with van der Waals surface area (Å²) in [6.07, 6.45) is 1.63. The van der Waals surface area contributed by atoms with Gasteiger partial charge in [-0.3, -0.25) is 4.79 Å². The molecule has 0 aliphatic carbocycles. The van der Waals surface area contributed by atoms with Crippen molar-refractivity contribution < 1.29 is 9.90 Å². The van der Waals surface area contributed by atoms with E-state index >= 15 is 0 Å². The van der Waals surface area contributed by atoms with Crippen LogP contribution in [0.2, 0.25) is 0 Å². The van der Waals surface area contributed by atoms with Crippen LogP contribution in [0.15, 0.2) is 22.7 Å². The van der Waals surface area contributed by atoms with Crippen LogP contribution in [-0.4, -0.2) is 24.2 Å². The molecule has 0 saturated carbocycles. The van der Waals surface area contributed by atoms with Crippen molar-refractivity contribution in [3.8, 4) is 0 Å². The fraction of sp³-hybridized carbons (Fsp3) is 0.400. The Bertz CT molecular complexity index is 642. The van der Waals surface area contributed by atoms with Crippen LogP contribution in [0.4, 0.5) is 5.69 Å². The summed E-state index contributed by atoms with van der Waals surface area (Å²) in [4.78, 5) is 12.8. The lowest BCUT2D eigenvalue weighted by atomic mass is 10.0. The van der Waals surface area contributed by atoms with Gasteiger partial charge in [0, 0.05) is 27.7 Å². The summed E-state index contributed by atoms with van der Waals surface area (Å²) in [5.74, 6) is 0.157. The molecule has 0 aliphatic heterocycles. The topological polar surface area (TPSA) is 75.3 Å². The molecule has 21 heavy (non-hydrogen) atoms. The standard InChI is InChI=1S/C15H19BrN2O2S/c1-2-9(5-6-19)8-18-15(20)14-13(17)11-7-10(16)3-4-12(11)21-14/h3-4,7,9,19H,2,5-6,8,17H2,1H3,(H,18,20). The molecule has 4 N–H and O–H groups in total. The maximum Gasteiger partial charge on any atom is 0.263 e. The molecule has 0 saturated heterocycles. The summed E-state index contributed by atoms with van der Waals surface area (Å²) >= 11 is 4.82. The monoisotopic (exact) mass is 370 g/mol. The lowest BCUT2D eigenvalue weighted by Gasteiger charge is -2.13. The zero-order valence-electron chi connectivity index (χ0n) is 11.9. The molecule has 1 amide bonds. The molecule has 0 bridgehead atoms. The number of carbonyl (C=O) groups excluding carboxylic acids is 1. The minimum absolute atomic E-state index is 0.138.